The summed E-state index contributed by atoms with van der Waals surface area (Å²) in [5.74, 6) is 3.83. The fourth-order valence-corrected chi connectivity index (χ4v) is 4.46. The van der Waals surface area contributed by atoms with E-state index in [2.05, 4.69) is 32.5 Å². The molecule has 0 bridgehead atoms. The van der Waals surface area contributed by atoms with E-state index in [4.69, 9.17) is 24.2 Å². The second kappa shape index (κ2) is 11.7. The summed E-state index contributed by atoms with van der Waals surface area (Å²) in [6, 6.07) is 16.1. The molecule has 0 radical (unpaired) electrons. The van der Waals surface area contributed by atoms with E-state index < -0.39 is 0 Å². The molecule has 0 saturated carbocycles. The lowest BCUT2D eigenvalue weighted by Crippen LogP contribution is -2.37. The van der Waals surface area contributed by atoms with E-state index in [0.29, 0.717) is 19.0 Å². The number of hydrogen-bond donors (Lipinski definition) is 2. The molecule has 37 heavy (non-hydrogen) atoms. The van der Waals surface area contributed by atoms with Crippen LogP contribution in [0.15, 0.2) is 59.8 Å². The zero-order valence-electron chi connectivity index (χ0n) is 21.2. The van der Waals surface area contributed by atoms with Gasteiger partial charge in [-0.2, -0.15) is 5.10 Å². The summed E-state index contributed by atoms with van der Waals surface area (Å²) < 4.78 is 16.3. The molecule has 0 aliphatic carbocycles. The zero-order chi connectivity index (χ0) is 25.5. The average molecular weight is 501 g/mol. The van der Waals surface area contributed by atoms with Crippen LogP contribution in [0, 0.1) is 0 Å². The van der Waals surface area contributed by atoms with Gasteiger partial charge in [0.1, 0.15) is 11.6 Å². The second-order valence-electron chi connectivity index (χ2n) is 8.83. The van der Waals surface area contributed by atoms with Crippen LogP contribution in [0.4, 0.5) is 11.6 Å². The molecule has 0 unspecified atom stereocenters. The molecule has 2 aromatic heterocycles. The maximum atomic E-state index is 5.53. The zero-order valence-corrected chi connectivity index (χ0v) is 21.2. The number of ether oxygens (including phenoxy) is 3. The lowest BCUT2D eigenvalue weighted by Gasteiger charge is -2.28. The Morgan fingerprint density at radius 3 is 2.70 bits per heavy atom. The van der Waals surface area contributed by atoms with Gasteiger partial charge in [-0.25, -0.2) is 9.97 Å². The molecule has 1 saturated heterocycles. The van der Waals surface area contributed by atoms with Gasteiger partial charge in [0.2, 0.25) is 0 Å². The molecule has 4 aromatic rings. The molecule has 1 fully saturated rings. The Kier molecular flexibility index (Phi) is 7.81. The number of benzene rings is 2. The molecular formula is C28H32N6O3. The number of nitrogens with zero attached hydrogens (tertiary/aromatic N) is 4. The Morgan fingerprint density at radius 1 is 1.03 bits per heavy atom. The number of nitrogens with one attached hydrogen (secondary N) is 2. The lowest BCUT2D eigenvalue weighted by atomic mass is 10.1. The Bertz CT molecular complexity index is 1360. The maximum Gasteiger partial charge on any atom is 0.160 e. The minimum absolute atomic E-state index is 0.675. The van der Waals surface area contributed by atoms with Crippen molar-refractivity contribution < 1.29 is 14.2 Å². The van der Waals surface area contributed by atoms with Gasteiger partial charge in [-0.3, -0.25) is 5.43 Å². The maximum absolute atomic E-state index is 5.53. The number of rotatable bonds is 10. The Balaban J connectivity index is 1.30. The molecule has 1 aliphatic rings. The number of fused-ring (bicyclic) bond motifs is 1. The Hall–Kier alpha value is -4.11. The van der Waals surface area contributed by atoms with E-state index in [9.17, 15) is 0 Å². The van der Waals surface area contributed by atoms with Crippen LogP contribution < -0.4 is 19.8 Å². The highest BCUT2D eigenvalue weighted by atomic mass is 16.5. The highest BCUT2D eigenvalue weighted by molar-refractivity contribution is 5.99. The number of H-pyrrole nitrogens is 1. The van der Waals surface area contributed by atoms with Crippen molar-refractivity contribution in [1.82, 2.24) is 15.0 Å². The van der Waals surface area contributed by atoms with E-state index in [1.807, 2.05) is 48.8 Å². The topological polar surface area (TPSA) is 96.9 Å². The predicted molar refractivity (Wildman–Crippen MR) is 146 cm³/mol. The van der Waals surface area contributed by atoms with E-state index in [0.717, 1.165) is 72.0 Å². The molecule has 0 atom stereocenters. The smallest absolute Gasteiger partial charge is 0.160 e. The van der Waals surface area contributed by atoms with Crippen molar-refractivity contribution in [2.24, 2.45) is 5.10 Å². The van der Waals surface area contributed by atoms with E-state index in [-0.39, 0.29) is 0 Å². The van der Waals surface area contributed by atoms with Crippen molar-refractivity contribution in [3.05, 3.63) is 71.7 Å². The predicted octanol–water partition coefficient (Wildman–Crippen LogP) is 4.43. The minimum atomic E-state index is 0.675. The number of aromatic amines is 1. The molecule has 0 spiro atoms. The van der Waals surface area contributed by atoms with E-state index >= 15 is 0 Å². The molecular weight excluding hydrogens is 468 g/mol. The van der Waals surface area contributed by atoms with Crippen molar-refractivity contribution in [3.8, 4) is 11.5 Å². The van der Waals surface area contributed by atoms with Gasteiger partial charge < -0.3 is 24.1 Å². The highest BCUT2D eigenvalue weighted by Gasteiger charge is 2.15. The fraction of sp³-hybridized carbons (Fsp3) is 0.321. The SMILES string of the molecule is COc1ccc(CCCc2nc(N/N=C/c3c[nH]c4ccccc34)cc(N3CCOCC3)n2)cc1OC. The highest BCUT2D eigenvalue weighted by Crippen LogP contribution is 2.28. The summed E-state index contributed by atoms with van der Waals surface area (Å²) in [6.07, 6.45) is 6.29. The average Bonchev–Trinajstić information content (AvgIpc) is 3.36. The van der Waals surface area contributed by atoms with Crippen LogP contribution in [0.5, 0.6) is 11.5 Å². The molecule has 2 N–H and O–H groups in total. The third-order valence-electron chi connectivity index (χ3n) is 6.41. The van der Waals surface area contributed by atoms with E-state index in [1.54, 1.807) is 14.2 Å². The van der Waals surface area contributed by atoms with Crippen LogP contribution in [-0.2, 0) is 17.6 Å². The first kappa shape index (κ1) is 24.6. The quantitative estimate of drug-likeness (QED) is 0.246. The second-order valence-corrected chi connectivity index (χ2v) is 8.83. The Labute approximate surface area is 216 Å². The van der Waals surface area contributed by atoms with Crippen molar-refractivity contribution in [2.45, 2.75) is 19.3 Å². The normalized spacial score (nSPS) is 13.8. The summed E-state index contributed by atoms with van der Waals surface area (Å²) in [5.41, 5.74) is 6.40. The summed E-state index contributed by atoms with van der Waals surface area (Å²) in [5, 5.41) is 5.60. The molecule has 3 heterocycles. The fourth-order valence-electron chi connectivity index (χ4n) is 4.46. The standard InChI is InChI=1S/C28H32N6O3/c1-35-24-11-10-20(16-25(24)36-2)6-5-9-26-31-27(17-28(32-26)34-12-14-37-15-13-34)33-30-19-21-18-29-23-8-4-3-7-22(21)23/h3-4,7-8,10-11,16-19,29H,5-6,9,12-15H2,1-2H3,(H,31,32,33)/b30-19+. The van der Waals surface area contributed by atoms with Gasteiger partial charge >= 0.3 is 0 Å². The molecule has 5 rings (SSSR count). The van der Waals surface area contributed by atoms with Crippen LogP contribution in [-0.4, -0.2) is 61.7 Å². The van der Waals surface area contributed by atoms with Gasteiger partial charge in [0.25, 0.3) is 0 Å². The first-order chi connectivity index (χ1) is 18.2. The largest absolute Gasteiger partial charge is 0.493 e. The first-order valence-electron chi connectivity index (χ1n) is 12.5. The number of methoxy groups -OCH3 is 2. The number of anilines is 2. The Morgan fingerprint density at radius 2 is 1.86 bits per heavy atom. The molecule has 1 aliphatic heterocycles. The van der Waals surface area contributed by atoms with Gasteiger partial charge in [-0.15, -0.1) is 0 Å². The van der Waals surface area contributed by atoms with Crippen molar-refractivity contribution in [2.75, 3.05) is 50.8 Å². The molecule has 9 nitrogen and oxygen atoms in total. The number of hydrogen-bond acceptors (Lipinski definition) is 8. The van der Waals surface area contributed by atoms with Gasteiger partial charge in [0.15, 0.2) is 17.3 Å². The number of para-hydroxylation sites is 1. The molecule has 0 amide bonds. The summed E-state index contributed by atoms with van der Waals surface area (Å²) >= 11 is 0. The lowest BCUT2D eigenvalue weighted by molar-refractivity contribution is 0.122. The number of morpholine rings is 1. The number of aryl methyl sites for hydroxylation is 2. The van der Waals surface area contributed by atoms with Crippen molar-refractivity contribution >= 4 is 28.8 Å². The van der Waals surface area contributed by atoms with Crippen LogP contribution >= 0.6 is 0 Å². The van der Waals surface area contributed by atoms with Crippen molar-refractivity contribution in [3.63, 3.8) is 0 Å². The van der Waals surface area contributed by atoms with E-state index in [1.165, 1.54) is 5.56 Å². The molecule has 2 aromatic carbocycles. The number of aromatic nitrogens is 3. The first-order valence-corrected chi connectivity index (χ1v) is 12.5. The van der Waals surface area contributed by atoms with Crippen LogP contribution in [0.25, 0.3) is 10.9 Å². The van der Waals surface area contributed by atoms with Gasteiger partial charge in [-0.1, -0.05) is 24.3 Å². The van der Waals surface area contributed by atoms with Gasteiger partial charge in [-0.05, 0) is 36.6 Å². The van der Waals surface area contributed by atoms with Crippen LogP contribution in [0.3, 0.4) is 0 Å². The third kappa shape index (κ3) is 6.00. The van der Waals surface area contributed by atoms with Gasteiger partial charge in [0.05, 0.1) is 33.6 Å². The molecule has 9 heteroatoms. The monoisotopic (exact) mass is 500 g/mol. The number of hydrazone groups is 1. The van der Waals surface area contributed by atoms with Crippen molar-refractivity contribution in [1.29, 1.82) is 0 Å². The van der Waals surface area contributed by atoms with Crippen LogP contribution in [0.2, 0.25) is 0 Å². The minimum Gasteiger partial charge on any atom is -0.493 e. The van der Waals surface area contributed by atoms with Gasteiger partial charge in [0, 0.05) is 48.2 Å². The summed E-state index contributed by atoms with van der Waals surface area (Å²) in [6.45, 7) is 3.00. The third-order valence-corrected chi connectivity index (χ3v) is 6.41. The van der Waals surface area contributed by atoms with Crippen LogP contribution in [0.1, 0.15) is 23.4 Å². The summed E-state index contributed by atoms with van der Waals surface area (Å²) in [7, 11) is 3.30. The molecule has 192 valence electrons. The summed E-state index contributed by atoms with van der Waals surface area (Å²) in [4.78, 5) is 15.1.